The molecule has 1 aliphatic carbocycles. The molecule has 3 nitrogen and oxygen atoms in total. The van der Waals surface area contributed by atoms with Crippen molar-refractivity contribution >= 4 is 11.6 Å². The van der Waals surface area contributed by atoms with E-state index in [1.54, 1.807) is 4.68 Å². The third-order valence-corrected chi connectivity index (χ3v) is 3.92. The summed E-state index contributed by atoms with van der Waals surface area (Å²) in [6.45, 7) is 2.03. The molecule has 16 heavy (non-hydrogen) atoms. The van der Waals surface area contributed by atoms with Gasteiger partial charge >= 0.3 is 0 Å². The summed E-state index contributed by atoms with van der Waals surface area (Å²) in [6, 6.07) is 0.535. The van der Waals surface area contributed by atoms with Gasteiger partial charge in [-0.2, -0.15) is 5.10 Å². The van der Waals surface area contributed by atoms with Gasteiger partial charge in [-0.15, -0.1) is 0 Å². The van der Waals surface area contributed by atoms with Gasteiger partial charge in [0.1, 0.15) is 5.15 Å². The fourth-order valence-electron chi connectivity index (χ4n) is 2.21. The van der Waals surface area contributed by atoms with Crippen LogP contribution in [0.1, 0.15) is 30.5 Å². The van der Waals surface area contributed by atoms with Crippen LogP contribution < -0.4 is 5.32 Å². The highest BCUT2D eigenvalue weighted by Crippen LogP contribution is 2.34. The van der Waals surface area contributed by atoms with Crippen LogP contribution in [0.15, 0.2) is 0 Å². The van der Waals surface area contributed by atoms with Gasteiger partial charge in [0, 0.05) is 18.7 Å². The number of nitrogens with one attached hydrogen (secondary N) is 1. The summed E-state index contributed by atoms with van der Waals surface area (Å²) in [7, 11) is 3.93. The summed E-state index contributed by atoms with van der Waals surface area (Å²) >= 11 is 6.24. The number of likely N-dealkylation sites (N-methyl/N-ethyl adjacent to an activating group) is 1. The van der Waals surface area contributed by atoms with Crippen molar-refractivity contribution in [1.82, 2.24) is 15.1 Å². The first-order chi connectivity index (χ1) is 7.61. The van der Waals surface area contributed by atoms with Crippen LogP contribution in [0.4, 0.5) is 0 Å². The van der Waals surface area contributed by atoms with Gasteiger partial charge in [0.25, 0.3) is 0 Å². The SMILES string of the molecule is CNC(Cc1c(C)nn(C)c1Cl)CC1CC1. The van der Waals surface area contributed by atoms with Gasteiger partial charge in [0.05, 0.1) is 5.69 Å². The molecule has 1 aromatic heterocycles. The molecule has 0 bridgehead atoms. The Labute approximate surface area is 102 Å². The van der Waals surface area contributed by atoms with Crippen LogP contribution >= 0.6 is 11.6 Å². The lowest BCUT2D eigenvalue weighted by molar-refractivity contribution is 0.490. The highest BCUT2D eigenvalue weighted by molar-refractivity contribution is 6.30. The molecule has 1 atom stereocenters. The van der Waals surface area contributed by atoms with Crippen molar-refractivity contribution in [3.8, 4) is 0 Å². The summed E-state index contributed by atoms with van der Waals surface area (Å²) in [6.07, 6.45) is 5.06. The van der Waals surface area contributed by atoms with Crippen LogP contribution in [0.5, 0.6) is 0 Å². The molecule has 90 valence electrons. The number of hydrogen-bond donors (Lipinski definition) is 1. The molecule has 1 unspecified atom stereocenters. The van der Waals surface area contributed by atoms with Gasteiger partial charge in [0.15, 0.2) is 0 Å². The van der Waals surface area contributed by atoms with Crippen molar-refractivity contribution in [1.29, 1.82) is 0 Å². The third-order valence-electron chi connectivity index (χ3n) is 3.44. The second-order valence-electron chi connectivity index (χ2n) is 4.85. The van der Waals surface area contributed by atoms with Crippen LogP contribution in [0.2, 0.25) is 5.15 Å². The Kier molecular flexibility index (Phi) is 3.55. The first-order valence-corrected chi connectivity index (χ1v) is 6.34. The van der Waals surface area contributed by atoms with Crippen LogP contribution in [-0.2, 0) is 13.5 Å². The molecule has 1 aromatic rings. The number of rotatable bonds is 5. The van der Waals surface area contributed by atoms with E-state index in [0.29, 0.717) is 6.04 Å². The lowest BCUT2D eigenvalue weighted by Crippen LogP contribution is -2.28. The van der Waals surface area contributed by atoms with Crippen molar-refractivity contribution in [2.24, 2.45) is 13.0 Å². The predicted molar refractivity (Wildman–Crippen MR) is 66.8 cm³/mol. The highest BCUT2D eigenvalue weighted by Gasteiger charge is 2.26. The zero-order valence-corrected chi connectivity index (χ0v) is 11.0. The molecular formula is C12H20ClN3. The van der Waals surface area contributed by atoms with E-state index in [1.807, 2.05) is 21.0 Å². The zero-order chi connectivity index (χ0) is 11.7. The van der Waals surface area contributed by atoms with E-state index in [1.165, 1.54) is 24.8 Å². The number of hydrogen-bond acceptors (Lipinski definition) is 2. The fraction of sp³-hybridized carbons (Fsp3) is 0.750. The lowest BCUT2D eigenvalue weighted by Gasteiger charge is -2.15. The molecule has 1 aliphatic rings. The number of aromatic nitrogens is 2. The Balaban J connectivity index is 2.05. The molecule has 0 radical (unpaired) electrons. The smallest absolute Gasteiger partial charge is 0.130 e. The first-order valence-electron chi connectivity index (χ1n) is 5.97. The Morgan fingerprint density at radius 2 is 2.25 bits per heavy atom. The van der Waals surface area contributed by atoms with Crippen LogP contribution in [0.3, 0.4) is 0 Å². The summed E-state index contributed by atoms with van der Waals surface area (Å²) in [5.74, 6) is 0.938. The Bertz CT molecular complexity index is 369. The average Bonchev–Trinajstić information content (AvgIpc) is 3.02. The molecule has 4 heteroatoms. The third kappa shape index (κ3) is 2.58. The van der Waals surface area contributed by atoms with Gasteiger partial charge < -0.3 is 5.32 Å². The number of aryl methyl sites for hydroxylation is 2. The maximum Gasteiger partial charge on any atom is 0.130 e. The standard InChI is InChI=1S/C12H20ClN3/c1-8-11(12(13)16(3)15-8)7-10(14-2)6-9-4-5-9/h9-10,14H,4-7H2,1-3H3. The summed E-state index contributed by atoms with van der Waals surface area (Å²) in [4.78, 5) is 0. The lowest BCUT2D eigenvalue weighted by atomic mass is 10.0. The quantitative estimate of drug-likeness (QED) is 0.858. The van der Waals surface area contributed by atoms with Gasteiger partial charge in [-0.1, -0.05) is 24.4 Å². The molecule has 1 fully saturated rings. The van der Waals surface area contributed by atoms with Crippen molar-refractivity contribution in [2.45, 2.75) is 38.6 Å². The molecule has 0 amide bonds. The van der Waals surface area contributed by atoms with Crippen molar-refractivity contribution < 1.29 is 0 Å². The first kappa shape index (κ1) is 11.9. The number of nitrogens with zero attached hydrogens (tertiary/aromatic N) is 2. The topological polar surface area (TPSA) is 29.9 Å². The van der Waals surface area contributed by atoms with Gasteiger partial charge in [-0.05, 0) is 32.7 Å². The minimum absolute atomic E-state index is 0.535. The Morgan fingerprint density at radius 1 is 1.56 bits per heavy atom. The molecule has 0 saturated heterocycles. The maximum atomic E-state index is 6.24. The van der Waals surface area contributed by atoms with E-state index in [9.17, 15) is 0 Å². The zero-order valence-electron chi connectivity index (χ0n) is 10.3. The molecule has 0 aromatic carbocycles. The van der Waals surface area contributed by atoms with Gasteiger partial charge in [-0.3, -0.25) is 4.68 Å². The van der Waals surface area contributed by atoms with Gasteiger partial charge in [-0.25, -0.2) is 0 Å². The maximum absolute atomic E-state index is 6.24. The Hall–Kier alpha value is -0.540. The normalized spacial score (nSPS) is 17.8. The molecule has 0 aliphatic heterocycles. The van der Waals surface area contributed by atoms with Crippen LogP contribution in [0, 0.1) is 12.8 Å². The molecular weight excluding hydrogens is 222 g/mol. The van der Waals surface area contributed by atoms with Crippen molar-refractivity contribution in [3.05, 3.63) is 16.4 Å². The van der Waals surface area contributed by atoms with E-state index >= 15 is 0 Å². The summed E-state index contributed by atoms with van der Waals surface area (Å²) < 4.78 is 1.76. The largest absolute Gasteiger partial charge is 0.317 e. The van der Waals surface area contributed by atoms with E-state index in [2.05, 4.69) is 10.4 Å². The van der Waals surface area contributed by atoms with Crippen LogP contribution in [0.25, 0.3) is 0 Å². The second kappa shape index (κ2) is 4.76. The average molecular weight is 242 g/mol. The minimum Gasteiger partial charge on any atom is -0.317 e. The van der Waals surface area contributed by atoms with Gasteiger partial charge in [0.2, 0.25) is 0 Å². The molecule has 2 rings (SSSR count). The monoisotopic (exact) mass is 241 g/mol. The molecule has 1 heterocycles. The predicted octanol–water partition coefficient (Wildman–Crippen LogP) is 2.31. The summed E-state index contributed by atoms with van der Waals surface area (Å²) in [5, 5.41) is 8.53. The number of halogens is 1. The molecule has 0 spiro atoms. The summed E-state index contributed by atoms with van der Waals surface area (Å²) in [5.41, 5.74) is 2.26. The fourth-order valence-corrected chi connectivity index (χ4v) is 2.46. The second-order valence-corrected chi connectivity index (χ2v) is 5.21. The molecule has 1 N–H and O–H groups in total. The van der Waals surface area contributed by atoms with E-state index in [4.69, 9.17) is 11.6 Å². The van der Waals surface area contributed by atoms with E-state index in [-0.39, 0.29) is 0 Å². The van der Waals surface area contributed by atoms with E-state index < -0.39 is 0 Å². The van der Waals surface area contributed by atoms with Crippen LogP contribution in [-0.4, -0.2) is 22.9 Å². The van der Waals surface area contributed by atoms with E-state index in [0.717, 1.165) is 23.2 Å². The highest BCUT2D eigenvalue weighted by atomic mass is 35.5. The molecule has 1 saturated carbocycles. The Morgan fingerprint density at radius 3 is 2.69 bits per heavy atom. The van der Waals surface area contributed by atoms with Crippen molar-refractivity contribution in [2.75, 3.05) is 7.05 Å². The minimum atomic E-state index is 0.535. The van der Waals surface area contributed by atoms with Crippen molar-refractivity contribution in [3.63, 3.8) is 0 Å².